The van der Waals surface area contributed by atoms with Crippen LogP contribution in [0.1, 0.15) is 64.7 Å². The van der Waals surface area contributed by atoms with Crippen molar-refractivity contribution in [2.45, 2.75) is 65.0 Å². The fourth-order valence-electron chi connectivity index (χ4n) is 4.77. The molecule has 6 nitrogen and oxygen atoms in total. The predicted molar refractivity (Wildman–Crippen MR) is 134 cm³/mol. The van der Waals surface area contributed by atoms with Crippen molar-refractivity contribution in [3.8, 4) is 0 Å². The van der Waals surface area contributed by atoms with Gasteiger partial charge in [-0.3, -0.25) is 9.89 Å². The number of hydrogen-bond acceptors (Lipinski definition) is 4. The number of nitrogens with zero attached hydrogens (tertiary/aromatic N) is 2. The lowest BCUT2D eigenvalue weighted by Gasteiger charge is -2.40. The molecular weight excluding hydrogens is 491 g/mol. The molecule has 1 aromatic heterocycles. The lowest BCUT2D eigenvalue weighted by molar-refractivity contribution is -0.0835. The van der Waals surface area contributed by atoms with Gasteiger partial charge in [0, 0.05) is 32.7 Å². The van der Waals surface area contributed by atoms with Crippen molar-refractivity contribution in [1.82, 2.24) is 15.5 Å². The van der Waals surface area contributed by atoms with Gasteiger partial charge in [-0.1, -0.05) is 27.2 Å². The van der Waals surface area contributed by atoms with Gasteiger partial charge in [0.1, 0.15) is 5.76 Å². The molecule has 0 bridgehead atoms. The minimum Gasteiger partial charge on any atom is -0.468 e. The zero-order valence-corrected chi connectivity index (χ0v) is 21.5. The smallest absolute Gasteiger partial charge is 0.191 e. The number of guanidine groups is 1. The van der Waals surface area contributed by atoms with Crippen molar-refractivity contribution in [2.24, 2.45) is 16.3 Å². The minimum atomic E-state index is 0. The molecule has 3 atom stereocenters. The summed E-state index contributed by atoms with van der Waals surface area (Å²) in [5, 5.41) is 7.10. The number of hydrogen-bond donors (Lipinski definition) is 2. The summed E-state index contributed by atoms with van der Waals surface area (Å²) in [5.74, 6) is 2.39. The summed E-state index contributed by atoms with van der Waals surface area (Å²) in [7, 11) is 1.84. The van der Waals surface area contributed by atoms with E-state index in [1.54, 1.807) is 6.26 Å². The first-order valence-corrected chi connectivity index (χ1v) is 11.3. The predicted octanol–water partition coefficient (Wildman–Crippen LogP) is 4.43. The van der Waals surface area contributed by atoms with Crippen LogP contribution in [0, 0.1) is 11.3 Å². The van der Waals surface area contributed by atoms with Gasteiger partial charge in [-0.05, 0) is 56.3 Å². The molecule has 7 heteroatoms. The van der Waals surface area contributed by atoms with Crippen molar-refractivity contribution >= 4 is 29.9 Å². The highest BCUT2D eigenvalue weighted by molar-refractivity contribution is 14.0. The van der Waals surface area contributed by atoms with Gasteiger partial charge in [0.15, 0.2) is 5.96 Å². The van der Waals surface area contributed by atoms with E-state index in [-0.39, 0.29) is 41.5 Å². The molecule has 2 aliphatic rings. The van der Waals surface area contributed by atoms with Crippen LogP contribution in [-0.4, -0.2) is 56.8 Å². The van der Waals surface area contributed by atoms with Crippen LogP contribution in [0.3, 0.4) is 0 Å². The van der Waals surface area contributed by atoms with Crippen molar-refractivity contribution in [1.29, 1.82) is 0 Å². The lowest BCUT2D eigenvalue weighted by Crippen LogP contribution is -2.49. The third-order valence-corrected chi connectivity index (χ3v) is 6.22. The SMILES string of the molecule is CN=C(NCC1CCCOC1C(C)(C)C)NCC(c1ccco1)N1CCCCC1.I. The Morgan fingerprint density at radius 2 is 1.97 bits per heavy atom. The van der Waals surface area contributed by atoms with Crippen LogP contribution in [0.2, 0.25) is 0 Å². The van der Waals surface area contributed by atoms with Crippen LogP contribution >= 0.6 is 24.0 Å². The van der Waals surface area contributed by atoms with E-state index in [4.69, 9.17) is 9.15 Å². The largest absolute Gasteiger partial charge is 0.468 e. The average Bonchev–Trinajstić information content (AvgIpc) is 3.25. The summed E-state index contributed by atoms with van der Waals surface area (Å²) in [6.45, 7) is 11.6. The Morgan fingerprint density at radius 1 is 1.20 bits per heavy atom. The molecule has 3 heterocycles. The van der Waals surface area contributed by atoms with E-state index < -0.39 is 0 Å². The van der Waals surface area contributed by atoms with Gasteiger partial charge in [-0.2, -0.15) is 0 Å². The third-order valence-electron chi connectivity index (χ3n) is 6.22. The molecule has 1 aromatic rings. The fraction of sp³-hybridized carbons (Fsp3) is 0.783. The Balaban J connectivity index is 0.00000320. The molecule has 0 aliphatic carbocycles. The van der Waals surface area contributed by atoms with Crippen LogP contribution in [0.15, 0.2) is 27.8 Å². The first-order valence-electron chi connectivity index (χ1n) is 11.3. The molecule has 0 radical (unpaired) electrons. The van der Waals surface area contributed by atoms with E-state index in [9.17, 15) is 0 Å². The van der Waals surface area contributed by atoms with E-state index in [0.29, 0.717) is 5.92 Å². The molecule has 2 fully saturated rings. The van der Waals surface area contributed by atoms with Gasteiger partial charge in [-0.25, -0.2) is 0 Å². The maximum absolute atomic E-state index is 6.13. The standard InChI is InChI=1S/C23H40N4O2.HI/c1-23(2,3)21-18(10-8-15-29-21)16-25-22(24-4)26-17-19(20-11-9-14-28-20)27-12-6-5-7-13-27;/h9,11,14,18-19,21H,5-8,10,12-13,15-17H2,1-4H3,(H2,24,25,26);1H. The van der Waals surface area contributed by atoms with Gasteiger partial charge in [-0.15, -0.1) is 24.0 Å². The highest BCUT2D eigenvalue weighted by Crippen LogP contribution is 2.33. The molecule has 3 rings (SSSR count). The number of rotatable bonds is 6. The first-order chi connectivity index (χ1) is 14.0. The summed E-state index contributed by atoms with van der Waals surface area (Å²) < 4.78 is 11.9. The minimum absolute atomic E-state index is 0. The number of nitrogens with one attached hydrogen (secondary N) is 2. The molecule has 30 heavy (non-hydrogen) atoms. The van der Waals surface area contributed by atoms with Crippen LogP contribution < -0.4 is 10.6 Å². The summed E-state index contributed by atoms with van der Waals surface area (Å²) in [6, 6.07) is 4.31. The van der Waals surface area contributed by atoms with Gasteiger partial charge in [0.2, 0.25) is 0 Å². The lowest BCUT2D eigenvalue weighted by atomic mass is 9.78. The van der Waals surface area contributed by atoms with E-state index in [1.165, 1.54) is 25.7 Å². The molecule has 2 aliphatic heterocycles. The van der Waals surface area contributed by atoms with Gasteiger partial charge < -0.3 is 19.8 Å². The van der Waals surface area contributed by atoms with E-state index in [2.05, 4.69) is 47.4 Å². The molecular formula is C23H41IN4O2. The first kappa shape index (κ1) is 25.5. The maximum Gasteiger partial charge on any atom is 0.191 e. The zero-order valence-electron chi connectivity index (χ0n) is 19.2. The number of likely N-dealkylation sites (tertiary alicyclic amines) is 1. The summed E-state index contributed by atoms with van der Waals surface area (Å²) in [5.41, 5.74) is 0.155. The third kappa shape index (κ3) is 7.12. The van der Waals surface area contributed by atoms with Crippen molar-refractivity contribution in [3.05, 3.63) is 24.2 Å². The Hall–Kier alpha value is -0.800. The van der Waals surface area contributed by atoms with E-state index in [1.807, 2.05) is 13.1 Å². The molecule has 172 valence electrons. The second-order valence-corrected chi connectivity index (χ2v) is 9.52. The number of ether oxygens (including phenoxy) is 1. The molecule has 0 saturated carbocycles. The fourth-order valence-corrected chi connectivity index (χ4v) is 4.77. The molecule has 2 N–H and O–H groups in total. The quantitative estimate of drug-likeness (QED) is 0.323. The number of halogens is 1. The Kier molecular flexibility index (Phi) is 10.4. The number of furan rings is 1. The Labute approximate surface area is 199 Å². The Morgan fingerprint density at radius 3 is 2.60 bits per heavy atom. The highest BCUT2D eigenvalue weighted by Gasteiger charge is 2.35. The summed E-state index contributed by atoms with van der Waals surface area (Å²) in [6.07, 6.45) is 8.26. The summed E-state index contributed by atoms with van der Waals surface area (Å²) >= 11 is 0. The van der Waals surface area contributed by atoms with Gasteiger partial charge >= 0.3 is 0 Å². The second-order valence-electron chi connectivity index (χ2n) is 9.52. The number of piperidine rings is 1. The zero-order chi connectivity index (χ0) is 20.7. The van der Waals surface area contributed by atoms with Gasteiger partial charge in [0.05, 0.1) is 18.4 Å². The van der Waals surface area contributed by atoms with Crippen molar-refractivity contribution in [3.63, 3.8) is 0 Å². The van der Waals surface area contributed by atoms with Gasteiger partial charge in [0.25, 0.3) is 0 Å². The molecule has 0 amide bonds. The van der Waals surface area contributed by atoms with Crippen LogP contribution in [-0.2, 0) is 4.74 Å². The molecule has 3 unspecified atom stereocenters. The number of aliphatic imine (C=N–C) groups is 1. The topological polar surface area (TPSA) is 62.0 Å². The van der Waals surface area contributed by atoms with E-state index in [0.717, 1.165) is 50.9 Å². The Bertz CT molecular complexity index is 624. The monoisotopic (exact) mass is 532 g/mol. The van der Waals surface area contributed by atoms with Crippen molar-refractivity contribution < 1.29 is 9.15 Å². The molecule has 0 aromatic carbocycles. The molecule has 0 spiro atoms. The van der Waals surface area contributed by atoms with Crippen LogP contribution in [0.25, 0.3) is 0 Å². The maximum atomic E-state index is 6.13. The summed E-state index contributed by atoms with van der Waals surface area (Å²) in [4.78, 5) is 7.00. The second kappa shape index (κ2) is 12.3. The normalized spacial score (nSPS) is 24.7. The van der Waals surface area contributed by atoms with E-state index >= 15 is 0 Å². The average molecular weight is 533 g/mol. The van der Waals surface area contributed by atoms with Crippen LogP contribution in [0.5, 0.6) is 0 Å². The van der Waals surface area contributed by atoms with Crippen LogP contribution in [0.4, 0.5) is 0 Å². The molecule has 2 saturated heterocycles. The highest BCUT2D eigenvalue weighted by atomic mass is 127. The van der Waals surface area contributed by atoms with Crippen molar-refractivity contribution in [2.75, 3.05) is 39.8 Å².